The minimum absolute atomic E-state index is 0.0377. The van der Waals surface area contributed by atoms with Crippen LogP contribution in [-0.4, -0.2) is 72.9 Å². The van der Waals surface area contributed by atoms with Gasteiger partial charge in [-0.25, -0.2) is 0 Å². The van der Waals surface area contributed by atoms with Crippen LogP contribution in [0.3, 0.4) is 0 Å². The number of carbonyl (C=O) groups is 1. The number of amides is 1. The molecule has 27 heteroatoms. The molecule has 0 aliphatic heterocycles. The predicted octanol–water partition coefficient (Wildman–Crippen LogP) is 4.67. The molecule has 0 bridgehead atoms. The molecule has 0 unspecified atom stereocenters. The van der Waals surface area contributed by atoms with E-state index in [2.05, 4.69) is 30.8 Å². The normalized spacial score (nSPS) is 12.6. The van der Waals surface area contributed by atoms with E-state index in [-0.39, 0.29) is 11.3 Å². The van der Waals surface area contributed by atoms with Gasteiger partial charge in [0.25, 0.3) is 46.4 Å². The van der Waals surface area contributed by atoms with Gasteiger partial charge in [0.1, 0.15) is 26.2 Å². The number of phenolic OH excluding ortho intramolecular Hbond substituents is 1. The summed E-state index contributed by atoms with van der Waals surface area (Å²) in [6.07, 6.45) is -1.49. The van der Waals surface area contributed by atoms with Crippen molar-refractivity contribution < 1.29 is 70.6 Å². The first kappa shape index (κ1) is 39.9. The highest BCUT2D eigenvalue weighted by Crippen LogP contribution is 2.45. The van der Waals surface area contributed by atoms with Crippen molar-refractivity contribution in [3.8, 4) is 5.75 Å². The Bertz CT molecular complexity index is 2920. The molecule has 4 aromatic carbocycles. The standard InChI is InChI=1S/C27H17ClF2N6O14S4/c28-21-24(29)33-27(30)34-25(21)31-13-3-1-2-11(6-13)26(38)32-17-10-15(52(42,43)44)7-12-8-19(54(48,49)50)22(23(37)20(12)17)36-35-16-9-14(51(39,40)41)4-5-18(16)53(45,46)47/h1-10,37H,(H,32,38)(H,31,33,34)(H,39,40,41)(H,42,43,44)(H,45,46,47)(H,48,49,50). The smallest absolute Gasteiger partial charge is 0.313 e. The molecule has 0 radical (unpaired) electrons. The van der Waals surface area contributed by atoms with Gasteiger partial charge in [-0.15, -0.1) is 10.2 Å². The van der Waals surface area contributed by atoms with E-state index in [0.29, 0.717) is 36.4 Å². The molecule has 0 saturated heterocycles. The van der Waals surface area contributed by atoms with Crippen LogP contribution in [0, 0.1) is 12.0 Å². The number of nitrogens with zero attached hydrogens (tertiary/aromatic N) is 4. The van der Waals surface area contributed by atoms with Gasteiger partial charge >= 0.3 is 6.08 Å². The first-order chi connectivity index (χ1) is 24.8. The fourth-order valence-electron chi connectivity index (χ4n) is 4.60. The van der Waals surface area contributed by atoms with Gasteiger partial charge in [-0.05, 0) is 60.0 Å². The number of benzene rings is 4. The van der Waals surface area contributed by atoms with Gasteiger partial charge in [-0.2, -0.15) is 52.4 Å². The molecule has 284 valence electrons. The summed E-state index contributed by atoms with van der Waals surface area (Å²) in [5, 5.41) is 20.9. The highest BCUT2D eigenvalue weighted by molar-refractivity contribution is 7.86. The number of aromatic nitrogens is 2. The first-order valence-corrected chi connectivity index (χ1v) is 19.8. The van der Waals surface area contributed by atoms with Gasteiger partial charge in [-0.1, -0.05) is 17.7 Å². The summed E-state index contributed by atoms with van der Waals surface area (Å²) in [6.45, 7) is 0. The van der Waals surface area contributed by atoms with E-state index < -0.39 is 122 Å². The lowest BCUT2D eigenvalue weighted by molar-refractivity contribution is 0.102. The molecule has 7 N–H and O–H groups in total. The molecule has 0 aliphatic carbocycles. The molecule has 1 amide bonds. The lowest BCUT2D eigenvalue weighted by Gasteiger charge is -2.15. The Kier molecular flexibility index (Phi) is 10.5. The van der Waals surface area contributed by atoms with Crippen molar-refractivity contribution in [2.75, 3.05) is 10.6 Å². The number of aromatic hydroxyl groups is 1. The average Bonchev–Trinajstić information content (AvgIpc) is 3.04. The fourth-order valence-corrected chi connectivity index (χ4v) is 7.04. The Morgan fingerprint density at radius 3 is 2.00 bits per heavy atom. The Morgan fingerprint density at radius 2 is 1.39 bits per heavy atom. The van der Waals surface area contributed by atoms with E-state index in [4.69, 9.17) is 11.6 Å². The van der Waals surface area contributed by atoms with Gasteiger partial charge in [0.2, 0.25) is 5.95 Å². The molecule has 0 fully saturated rings. The van der Waals surface area contributed by atoms with Crippen molar-refractivity contribution in [1.29, 1.82) is 0 Å². The summed E-state index contributed by atoms with van der Waals surface area (Å²) < 4.78 is 162. The molecule has 0 aliphatic rings. The Hall–Kier alpha value is -5.32. The number of rotatable bonds is 10. The van der Waals surface area contributed by atoms with E-state index in [1.807, 2.05) is 0 Å². The summed E-state index contributed by atoms with van der Waals surface area (Å²) in [5.41, 5.74) is -3.28. The third-order valence-electron chi connectivity index (χ3n) is 6.88. The second kappa shape index (κ2) is 14.2. The summed E-state index contributed by atoms with van der Waals surface area (Å²) >= 11 is 5.77. The van der Waals surface area contributed by atoms with Crippen LogP contribution in [-0.2, 0) is 40.5 Å². The maximum Gasteiger partial charge on any atom is 0.313 e. The van der Waals surface area contributed by atoms with E-state index in [9.17, 15) is 70.6 Å². The summed E-state index contributed by atoms with van der Waals surface area (Å²) in [6, 6.07) is 7.94. The van der Waals surface area contributed by atoms with Crippen LogP contribution in [0.2, 0.25) is 5.02 Å². The largest absolute Gasteiger partial charge is 0.505 e. The van der Waals surface area contributed by atoms with Gasteiger partial charge in [-0.3, -0.25) is 23.0 Å². The van der Waals surface area contributed by atoms with Crippen LogP contribution in [0.25, 0.3) is 10.8 Å². The lowest BCUT2D eigenvalue weighted by Crippen LogP contribution is -2.13. The Labute approximate surface area is 306 Å². The third-order valence-corrected chi connectivity index (χ3v) is 10.7. The van der Waals surface area contributed by atoms with Gasteiger partial charge in [0.05, 0.1) is 15.5 Å². The zero-order valence-electron chi connectivity index (χ0n) is 25.7. The number of anilines is 3. The van der Waals surface area contributed by atoms with E-state index in [1.54, 1.807) is 0 Å². The van der Waals surface area contributed by atoms with Crippen molar-refractivity contribution in [1.82, 2.24) is 9.97 Å². The Balaban J connectivity index is 1.69. The van der Waals surface area contributed by atoms with Crippen molar-refractivity contribution >= 4 is 97.3 Å². The fraction of sp³-hybridized carbons (Fsp3) is 0. The number of carbonyl (C=O) groups excluding carboxylic acids is 1. The molecule has 54 heavy (non-hydrogen) atoms. The van der Waals surface area contributed by atoms with Crippen LogP contribution < -0.4 is 10.6 Å². The first-order valence-electron chi connectivity index (χ1n) is 13.7. The SMILES string of the molecule is O=C(Nc1cc(S(=O)(=O)O)cc2cc(S(=O)(=O)O)c(N=Nc3cc(S(=O)(=O)O)ccc3S(=O)(=O)O)c(O)c12)c1cccc(Nc2nc(F)nc(F)c2Cl)c1. The van der Waals surface area contributed by atoms with Crippen LogP contribution >= 0.6 is 11.6 Å². The van der Waals surface area contributed by atoms with Crippen LogP contribution in [0.15, 0.2) is 90.5 Å². The molecule has 1 aromatic heterocycles. The zero-order valence-corrected chi connectivity index (χ0v) is 29.8. The monoisotopic (exact) mass is 850 g/mol. The summed E-state index contributed by atoms with van der Waals surface area (Å²) in [7, 11) is -20.9. The number of phenols is 1. The van der Waals surface area contributed by atoms with E-state index in [0.717, 1.165) is 6.07 Å². The van der Waals surface area contributed by atoms with Crippen LogP contribution in [0.4, 0.5) is 37.3 Å². The van der Waals surface area contributed by atoms with E-state index >= 15 is 0 Å². The summed E-state index contributed by atoms with van der Waals surface area (Å²) in [4.78, 5) is 15.1. The number of nitrogens with one attached hydrogen (secondary N) is 2. The molecule has 0 spiro atoms. The molecule has 1 heterocycles. The van der Waals surface area contributed by atoms with Crippen LogP contribution in [0.5, 0.6) is 5.75 Å². The lowest BCUT2D eigenvalue weighted by atomic mass is 10.1. The molecule has 20 nitrogen and oxygen atoms in total. The average molecular weight is 851 g/mol. The molecule has 5 rings (SSSR count). The number of halogens is 3. The zero-order chi connectivity index (χ0) is 40.1. The number of azo groups is 1. The van der Waals surface area contributed by atoms with Gasteiger partial charge < -0.3 is 15.7 Å². The minimum atomic E-state index is -5.48. The molecule has 0 saturated carbocycles. The van der Waals surface area contributed by atoms with Crippen molar-refractivity contribution in [3.63, 3.8) is 0 Å². The van der Waals surface area contributed by atoms with Crippen molar-refractivity contribution in [3.05, 3.63) is 83.3 Å². The van der Waals surface area contributed by atoms with Gasteiger partial charge in [0.15, 0.2) is 11.6 Å². The topological polar surface area (TPSA) is 329 Å². The third kappa shape index (κ3) is 8.56. The van der Waals surface area contributed by atoms with Crippen LogP contribution in [0.1, 0.15) is 10.4 Å². The summed E-state index contributed by atoms with van der Waals surface area (Å²) in [5.74, 6) is -4.37. The second-order valence-corrected chi connectivity index (χ2v) is 16.5. The second-order valence-electron chi connectivity index (χ2n) is 10.5. The maximum absolute atomic E-state index is 13.8. The molecule has 5 aromatic rings. The Morgan fingerprint density at radius 1 is 0.741 bits per heavy atom. The highest BCUT2D eigenvalue weighted by Gasteiger charge is 2.27. The molecular formula is C27H17ClF2N6O14S4. The minimum Gasteiger partial charge on any atom is -0.505 e. The van der Waals surface area contributed by atoms with Gasteiger partial charge in [0, 0.05) is 16.6 Å². The quantitative estimate of drug-likeness (QED) is 0.0434. The number of fused-ring (bicyclic) bond motifs is 1. The number of hydrogen-bond acceptors (Lipinski definition) is 15. The van der Waals surface area contributed by atoms with Crippen molar-refractivity contribution in [2.45, 2.75) is 19.6 Å². The maximum atomic E-state index is 13.8. The van der Waals surface area contributed by atoms with E-state index in [1.165, 1.54) is 18.2 Å². The predicted molar refractivity (Wildman–Crippen MR) is 180 cm³/mol. The number of hydrogen-bond donors (Lipinski definition) is 7. The highest BCUT2D eigenvalue weighted by atomic mass is 35.5. The van der Waals surface area contributed by atoms with Crippen molar-refractivity contribution in [2.24, 2.45) is 10.2 Å². The molecular weight excluding hydrogens is 834 g/mol. The molecule has 0 atom stereocenters.